The van der Waals surface area contributed by atoms with Crippen molar-refractivity contribution in [1.82, 2.24) is 9.97 Å². The summed E-state index contributed by atoms with van der Waals surface area (Å²) in [4.78, 5) is 19.6. The first-order valence-corrected chi connectivity index (χ1v) is 5.95. The van der Waals surface area contributed by atoms with Crippen molar-refractivity contribution in [1.29, 1.82) is 0 Å². The summed E-state index contributed by atoms with van der Waals surface area (Å²) in [6, 6.07) is 0.247. The van der Waals surface area contributed by atoms with Crippen molar-refractivity contribution in [3.63, 3.8) is 0 Å². The number of methoxy groups -OCH3 is 1. The molecule has 0 aromatic carbocycles. The maximum atomic E-state index is 11.6. The molecule has 18 heavy (non-hydrogen) atoms. The molecule has 0 amide bonds. The van der Waals surface area contributed by atoms with E-state index < -0.39 is 5.97 Å². The van der Waals surface area contributed by atoms with Crippen molar-refractivity contribution in [2.24, 2.45) is 5.92 Å². The Labute approximate surface area is 106 Å². The molecular formula is C12H17N3O3. The second kappa shape index (κ2) is 5.77. The van der Waals surface area contributed by atoms with Crippen molar-refractivity contribution in [2.75, 3.05) is 25.6 Å². The Balaban J connectivity index is 2.15. The van der Waals surface area contributed by atoms with Gasteiger partial charge >= 0.3 is 5.97 Å². The van der Waals surface area contributed by atoms with Crippen LogP contribution in [0.2, 0.25) is 0 Å². The summed E-state index contributed by atoms with van der Waals surface area (Å²) < 4.78 is 10.1. The lowest BCUT2D eigenvalue weighted by molar-refractivity contribution is 0.0535. The first-order chi connectivity index (χ1) is 8.72. The van der Waals surface area contributed by atoms with Crippen LogP contribution in [0.5, 0.6) is 0 Å². The van der Waals surface area contributed by atoms with E-state index in [9.17, 15) is 4.79 Å². The number of hydrogen-bond donors (Lipinski definition) is 1. The van der Waals surface area contributed by atoms with E-state index in [2.05, 4.69) is 22.2 Å². The summed E-state index contributed by atoms with van der Waals surface area (Å²) in [5, 5.41) is 3.28. The third-order valence-corrected chi connectivity index (χ3v) is 3.08. The molecule has 98 valence electrons. The van der Waals surface area contributed by atoms with Gasteiger partial charge in [-0.15, -0.1) is 0 Å². The predicted molar refractivity (Wildman–Crippen MR) is 65.4 cm³/mol. The number of carbonyl (C=O) groups excluding carboxylic acids is 1. The summed E-state index contributed by atoms with van der Waals surface area (Å²) in [6.07, 6.45) is 3.77. The molecule has 6 heteroatoms. The van der Waals surface area contributed by atoms with Crippen LogP contribution in [-0.4, -0.2) is 42.3 Å². The number of hydrogen-bond acceptors (Lipinski definition) is 6. The van der Waals surface area contributed by atoms with Gasteiger partial charge in [-0.3, -0.25) is 0 Å². The summed E-state index contributed by atoms with van der Waals surface area (Å²) >= 11 is 0. The molecule has 0 saturated carbocycles. The van der Waals surface area contributed by atoms with Gasteiger partial charge in [0.05, 0.1) is 13.7 Å². The average Bonchev–Trinajstić information content (AvgIpc) is 2.41. The van der Waals surface area contributed by atoms with Gasteiger partial charge in [0.25, 0.3) is 0 Å². The van der Waals surface area contributed by atoms with E-state index in [0.717, 1.165) is 19.6 Å². The molecule has 0 bridgehead atoms. The maximum absolute atomic E-state index is 11.6. The van der Waals surface area contributed by atoms with Crippen LogP contribution < -0.4 is 5.32 Å². The lowest BCUT2D eigenvalue weighted by Crippen LogP contribution is -2.36. The molecule has 2 atom stereocenters. The third-order valence-electron chi connectivity index (χ3n) is 3.08. The quantitative estimate of drug-likeness (QED) is 0.811. The van der Waals surface area contributed by atoms with E-state index in [-0.39, 0.29) is 6.04 Å². The molecule has 2 rings (SSSR count). The van der Waals surface area contributed by atoms with Gasteiger partial charge in [-0.05, 0) is 12.3 Å². The third kappa shape index (κ3) is 2.76. The Hall–Kier alpha value is -1.69. The fourth-order valence-corrected chi connectivity index (χ4v) is 1.97. The highest BCUT2D eigenvalue weighted by molar-refractivity contribution is 5.94. The van der Waals surface area contributed by atoms with E-state index in [1.165, 1.54) is 19.6 Å². The average molecular weight is 251 g/mol. The van der Waals surface area contributed by atoms with Crippen LogP contribution in [-0.2, 0) is 9.47 Å². The van der Waals surface area contributed by atoms with Crippen LogP contribution in [0.15, 0.2) is 12.5 Å². The number of nitrogens with one attached hydrogen (secondary N) is 1. The van der Waals surface area contributed by atoms with E-state index in [4.69, 9.17) is 9.47 Å². The molecule has 6 nitrogen and oxygen atoms in total. The normalized spacial score (nSPS) is 23.4. The van der Waals surface area contributed by atoms with E-state index in [1.807, 2.05) is 0 Å². The zero-order chi connectivity index (χ0) is 13.0. The number of rotatable bonds is 3. The highest BCUT2D eigenvalue weighted by Crippen LogP contribution is 2.20. The van der Waals surface area contributed by atoms with Crippen molar-refractivity contribution in [2.45, 2.75) is 19.4 Å². The van der Waals surface area contributed by atoms with Gasteiger partial charge in [-0.2, -0.15) is 0 Å². The van der Waals surface area contributed by atoms with Crippen LogP contribution >= 0.6 is 0 Å². The minimum atomic E-state index is -0.433. The van der Waals surface area contributed by atoms with Gasteiger partial charge in [-0.25, -0.2) is 14.8 Å². The second-order valence-corrected chi connectivity index (χ2v) is 4.37. The molecule has 2 heterocycles. The molecule has 0 aliphatic carbocycles. The van der Waals surface area contributed by atoms with E-state index in [1.54, 1.807) is 0 Å². The van der Waals surface area contributed by atoms with Gasteiger partial charge < -0.3 is 14.8 Å². The molecular weight excluding hydrogens is 234 g/mol. The number of anilines is 1. The number of aromatic nitrogens is 2. The Morgan fingerprint density at radius 1 is 1.61 bits per heavy atom. The minimum absolute atomic E-state index is 0.247. The summed E-state index contributed by atoms with van der Waals surface area (Å²) in [7, 11) is 1.34. The predicted octanol–water partition coefficient (Wildman–Crippen LogP) is 1.10. The Bertz CT molecular complexity index is 425. The van der Waals surface area contributed by atoms with Crippen molar-refractivity contribution in [3.05, 3.63) is 18.1 Å². The molecule has 1 aliphatic rings. The highest BCUT2D eigenvalue weighted by Gasteiger charge is 2.24. The van der Waals surface area contributed by atoms with Crippen molar-refractivity contribution >= 4 is 11.8 Å². The fourth-order valence-electron chi connectivity index (χ4n) is 1.97. The van der Waals surface area contributed by atoms with Crippen LogP contribution in [0.4, 0.5) is 5.82 Å². The minimum Gasteiger partial charge on any atom is -0.465 e. The van der Waals surface area contributed by atoms with Gasteiger partial charge in [0.2, 0.25) is 0 Å². The standard InChI is InChI=1S/C12H17N3O3/c1-8-6-18-4-3-10(8)15-11-9(12(16)17-2)5-13-7-14-11/h5,7-8,10H,3-4,6H2,1-2H3,(H,13,14,15). The monoisotopic (exact) mass is 251 g/mol. The van der Waals surface area contributed by atoms with Gasteiger partial charge in [-0.1, -0.05) is 6.92 Å². The first-order valence-electron chi connectivity index (χ1n) is 5.95. The SMILES string of the molecule is COC(=O)c1cncnc1NC1CCOCC1C. The summed E-state index contributed by atoms with van der Waals surface area (Å²) in [5.74, 6) is 0.465. The van der Waals surface area contributed by atoms with Crippen molar-refractivity contribution in [3.8, 4) is 0 Å². The maximum Gasteiger partial charge on any atom is 0.343 e. The molecule has 0 spiro atoms. The molecule has 2 unspecified atom stereocenters. The van der Waals surface area contributed by atoms with Crippen LogP contribution in [0, 0.1) is 5.92 Å². The zero-order valence-corrected chi connectivity index (χ0v) is 10.5. The Morgan fingerprint density at radius 2 is 2.44 bits per heavy atom. The zero-order valence-electron chi connectivity index (χ0n) is 10.5. The molecule has 1 aromatic heterocycles. The molecule has 0 radical (unpaired) electrons. The summed E-state index contributed by atoms with van der Waals surface area (Å²) in [5.41, 5.74) is 0.360. The topological polar surface area (TPSA) is 73.3 Å². The van der Waals surface area contributed by atoms with Gasteiger partial charge in [0, 0.05) is 18.8 Å². The van der Waals surface area contributed by atoms with Crippen LogP contribution in [0.1, 0.15) is 23.7 Å². The van der Waals surface area contributed by atoms with Crippen LogP contribution in [0.25, 0.3) is 0 Å². The fraction of sp³-hybridized carbons (Fsp3) is 0.583. The smallest absolute Gasteiger partial charge is 0.343 e. The largest absolute Gasteiger partial charge is 0.465 e. The summed E-state index contributed by atoms with van der Waals surface area (Å²) in [6.45, 7) is 3.55. The van der Waals surface area contributed by atoms with Gasteiger partial charge in [0.15, 0.2) is 0 Å². The molecule has 1 aromatic rings. The number of carbonyl (C=O) groups is 1. The van der Waals surface area contributed by atoms with Crippen molar-refractivity contribution < 1.29 is 14.3 Å². The highest BCUT2D eigenvalue weighted by atomic mass is 16.5. The van der Waals surface area contributed by atoms with E-state index in [0.29, 0.717) is 17.3 Å². The Kier molecular flexibility index (Phi) is 4.09. The lowest BCUT2D eigenvalue weighted by atomic mass is 9.98. The molecule has 1 aliphatic heterocycles. The van der Waals surface area contributed by atoms with Gasteiger partial charge in [0.1, 0.15) is 17.7 Å². The first kappa shape index (κ1) is 12.8. The number of ether oxygens (including phenoxy) is 2. The molecule has 1 saturated heterocycles. The Morgan fingerprint density at radius 3 is 3.17 bits per heavy atom. The number of esters is 1. The van der Waals surface area contributed by atoms with E-state index >= 15 is 0 Å². The molecule has 1 fully saturated rings. The molecule has 1 N–H and O–H groups in total. The number of nitrogens with zero attached hydrogens (tertiary/aromatic N) is 2. The van der Waals surface area contributed by atoms with Crippen LogP contribution in [0.3, 0.4) is 0 Å². The lowest BCUT2D eigenvalue weighted by Gasteiger charge is -2.30. The second-order valence-electron chi connectivity index (χ2n) is 4.37.